The zero-order valence-electron chi connectivity index (χ0n) is 25.9. The van der Waals surface area contributed by atoms with E-state index in [2.05, 4.69) is 91.8 Å². The van der Waals surface area contributed by atoms with Crippen molar-refractivity contribution >= 4 is 71.2 Å². The molecule has 10 rings (SSSR count). The van der Waals surface area contributed by atoms with E-state index in [1.165, 1.54) is 0 Å². The predicted molar refractivity (Wildman–Crippen MR) is 197 cm³/mol. The molecule has 0 saturated heterocycles. The van der Waals surface area contributed by atoms with Crippen LogP contribution in [0.3, 0.4) is 0 Å². The number of para-hydroxylation sites is 2. The minimum absolute atomic E-state index is 0.544. The first-order valence-corrected chi connectivity index (χ1v) is 16.0. The smallest absolute Gasteiger partial charge is 0.189 e. The number of rotatable bonds is 3. The van der Waals surface area contributed by atoms with E-state index >= 15 is 0 Å². The molecule has 0 aliphatic carbocycles. The standard InChI is InChI=1S/C43H23N5O/c1-45-29-20-28(22-31(23-29)47-38-11-4-2-9-32(38)37-19-26(24-44)13-16-39(37)47)27-7-6-8-30(21-27)48-40-25-46-18-17-33(40)35-14-15-36-34-10-3-5-12-41(34)49-43(36)42(35)48/h2-23,25H. The highest BCUT2D eigenvalue weighted by Gasteiger charge is 2.20. The molecule has 0 fully saturated rings. The van der Waals surface area contributed by atoms with Crippen molar-refractivity contribution in [3.63, 3.8) is 0 Å². The Morgan fingerprint density at radius 1 is 0.612 bits per heavy atom. The number of nitrogens with zero attached hydrogens (tertiary/aromatic N) is 5. The third-order valence-corrected chi connectivity index (χ3v) is 9.60. The van der Waals surface area contributed by atoms with E-state index in [0.29, 0.717) is 11.3 Å². The summed E-state index contributed by atoms with van der Waals surface area (Å²) in [5, 5.41) is 16.0. The van der Waals surface area contributed by atoms with Crippen LogP contribution in [0.25, 0.3) is 92.9 Å². The van der Waals surface area contributed by atoms with Gasteiger partial charge in [0.1, 0.15) is 5.58 Å². The maximum atomic E-state index is 9.62. The maximum absolute atomic E-state index is 9.62. The minimum atomic E-state index is 0.544. The Balaban J connectivity index is 1.22. The van der Waals surface area contributed by atoms with E-state index in [1.807, 2.05) is 73.1 Å². The van der Waals surface area contributed by atoms with E-state index < -0.39 is 0 Å². The lowest BCUT2D eigenvalue weighted by molar-refractivity contribution is 0.671. The highest BCUT2D eigenvalue weighted by Crippen LogP contribution is 2.41. The number of pyridine rings is 1. The van der Waals surface area contributed by atoms with Crippen LogP contribution < -0.4 is 0 Å². The second-order valence-electron chi connectivity index (χ2n) is 12.3. The van der Waals surface area contributed by atoms with Gasteiger partial charge in [-0.05, 0) is 83.9 Å². The zero-order valence-corrected chi connectivity index (χ0v) is 25.9. The molecule has 0 saturated carbocycles. The number of furan rings is 1. The Bertz CT molecular complexity index is 3090. The molecule has 6 aromatic carbocycles. The molecule has 10 aromatic rings. The van der Waals surface area contributed by atoms with Crippen molar-refractivity contribution in [2.45, 2.75) is 0 Å². The molecule has 0 spiro atoms. The van der Waals surface area contributed by atoms with Crippen molar-refractivity contribution in [2.24, 2.45) is 0 Å². The third-order valence-electron chi connectivity index (χ3n) is 9.60. The van der Waals surface area contributed by atoms with Crippen LogP contribution in [0.15, 0.2) is 144 Å². The van der Waals surface area contributed by atoms with Crippen molar-refractivity contribution in [3.05, 3.63) is 157 Å². The summed E-state index contributed by atoms with van der Waals surface area (Å²) >= 11 is 0. The van der Waals surface area contributed by atoms with Crippen LogP contribution >= 0.6 is 0 Å². The lowest BCUT2D eigenvalue weighted by Gasteiger charge is -2.13. The van der Waals surface area contributed by atoms with Gasteiger partial charge in [-0.2, -0.15) is 5.26 Å². The molecular weight excluding hydrogens is 603 g/mol. The molecule has 49 heavy (non-hydrogen) atoms. The molecule has 4 aromatic heterocycles. The molecule has 0 unspecified atom stereocenters. The lowest BCUT2D eigenvalue weighted by atomic mass is 10.0. The molecular formula is C43H23N5O. The summed E-state index contributed by atoms with van der Waals surface area (Å²) in [7, 11) is 0. The van der Waals surface area contributed by atoms with Crippen molar-refractivity contribution in [2.75, 3.05) is 0 Å². The summed E-state index contributed by atoms with van der Waals surface area (Å²) in [5.41, 5.74) is 10.6. The summed E-state index contributed by atoms with van der Waals surface area (Å²) in [6, 6.07) is 45.2. The van der Waals surface area contributed by atoms with Gasteiger partial charge in [-0.1, -0.05) is 54.6 Å². The van der Waals surface area contributed by atoms with Crippen LogP contribution in [0.5, 0.6) is 0 Å². The molecule has 6 heteroatoms. The maximum Gasteiger partial charge on any atom is 0.189 e. The number of benzene rings is 6. The van der Waals surface area contributed by atoms with Crippen LogP contribution in [0.1, 0.15) is 5.56 Å². The summed E-state index contributed by atoms with van der Waals surface area (Å²) in [4.78, 5) is 8.41. The first-order chi connectivity index (χ1) is 24.2. The summed E-state index contributed by atoms with van der Waals surface area (Å²) in [6.45, 7) is 8.02. The topological polar surface area (TPSA) is 64.0 Å². The number of aromatic nitrogens is 3. The fourth-order valence-electron chi connectivity index (χ4n) is 7.50. The van der Waals surface area contributed by atoms with E-state index in [0.717, 1.165) is 88.1 Å². The highest BCUT2D eigenvalue weighted by molar-refractivity contribution is 6.21. The zero-order chi connectivity index (χ0) is 32.6. The monoisotopic (exact) mass is 625 g/mol. The average Bonchev–Trinajstić information content (AvgIpc) is 3.82. The van der Waals surface area contributed by atoms with Gasteiger partial charge in [0.25, 0.3) is 0 Å². The third kappa shape index (κ3) is 3.89. The van der Waals surface area contributed by atoms with E-state index in [4.69, 9.17) is 11.0 Å². The van der Waals surface area contributed by atoms with E-state index in [-0.39, 0.29) is 0 Å². The van der Waals surface area contributed by atoms with Crippen LogP contribution in [0, 0.1) is 17.9 Å². The molecule has 0 amide bonds. The van der Waals surface area contributed by atoms with Crippen molar-refractivity contribution in [3.8, 4) is 28.6 Å². The van der Waals surface area contributed by atoms with Gasteiger partial charge in [0.05, 0.1) is 46.5 Å². The SMILES string of the molecule is [C-]#[N+]c1cc(-c2cccc(-n3c4cnccc4c4ccc5c6ccccc6oc5c43)c2)cc(-n2c3ccccc3c3cc(C#N)ccc32)c1. The van der Waals surface area contributed by atoms with Gasteiger partial charge in [-0.15, -0.1) is 0 Å². The number of hydrogen-bond acceptors (Lipinski definition) is 3. The van der Waals surface area contributed by atoms with Crippen LogP contribution in [0.2, 0.25) is 0 Å². The first-order valence-electron chi connectivity index (χ1n) is 16.0. The Morgan fingerprint density at radius 3 is 2.31 bits per heavy atom. The second kappa shape index (κ2) is 10.2. The molecule has 0 bridgehead atoms. The first kappa shape index (κ1) is 27.0. The van der Waals surface area contributed by atoms with E-state index in [9.17, 15) is 5.26 Å². The second-order valence-corrected chi connectivity index (χ2v) is 12.3. The summed E-state index contributed by atoms with van der Waals surface area (Å²) in [5.74, 6) is 0. The normalized spacial score (nSPS) is 11.6. The van der Waals surface area contributed by atoms with Crippen LogP contribution in [0.4, 0.5) is 5.69 Å². The highest BCUT2D eigenvalue weighted by atomic mass is 16.3. The largest absolute Gasteiger partial charge is 0.454 e. The van der Waals surface area contributed by atoms with Gasteiger partial charge in [0.2, 0.25) is 0 Å². The average molecular weight is 626 g/mol. The number of fused-ring (bicyclic) bond motifs is 10. The molecule has 0 N–H and O–H groups in total. The quantitative estimate of drug-likeness (QED) is 0.184. The van der Waals surface area contributed by atoms with Crippen molar-refractivity contribution in [1.82, 2.24) is 14.1 Å². The van der Waals surface area contributed by atoms with Gasteiger partial charge in [-0.25, -0.2) is 4.85 Å². The van der Waals surface area contributed by atoms with Crippen LogP contribution in [-0.2, 0) is 0 Å². The van der Waals surface area contributed by atoms with Gasteiger partial charge in [0.15, 0.2) is 11.3 Å². The van der Waals surface area contributed by atoms with Crippen molar-refractivity contribution < 1.29 is 4.42 Å². The Kier molecular flexibility index (Phi) is 5.61. The van der Waals surface area contributed by atoms with Crippen LogP contribution in [-0.4, -0.2) is 14.1 Å². The fraction of sp³-hybridized carbons (Fsp3) is 0. The summed E-state index contributed by atoms with van der Waals surface area (Å²) in [6.07, 6.45) is 3.74. The Hall–Kier alpha value is -7.15. The molecule has 4 heterocycles. The van der Waals surface area contributed by atoms with E-state index in [1.54, 1.807) is 0 Å². The predicted octanol–water partition coefficient (Wildman–Crippen LogP) is 11.3. The molecule has 6 nitrogen and oxygen atoms in total. The van der Waals surface area contributed by atoms with Crippen molar-refractivity contribution in [1.29, 1.82) is 5.26 Å². The van der Waals surface area contributed by atoms with Gasteiger partial charge in [-0.3, -0.25) is 4.98 Å². The lowest BCUT2D eigenvalue weighted by Crippen LogP contribution is -1.96. The molecule has 226 valence electrons. The number of nitriles is 1. The Labute approximate surface area is 279 Å². The Morgan fingerprint density at radius 2 is 1.41 bits per heavy atom. The minimum Gasteiger partial charge on any atom is -0.454 e. The van der Waals surface area contributed by atoms with Gasteiger partial charge < -0.3 is 13.6 Å². The number of hydrogen-bond donors (Lipinski definition) is 0. The molecule has 0 aliphatic rings. The molecule has 0 aliphatic heterocycles. The molecule has 0 atom stereocenters. The fourth-order valence-corrected chi connectivity index (χ4v) is 7.50. The van der Waals surface area contributed by atoms with Gasteiger partial charge in [0, 0.05) is 49.9 Å². The van der Waals surface area contributed by atoms with Gasteiger partial charge >= 0.3 is 0 Å². The molecule has 0 radical (unpaired) electrons. The summed E-state index contributed by atoms with van der Waals surface area (Å²) < 4.78 is 11.0.